The molecule has 6 heteroatoms. The van der Waals surface area contributed by atoms with E-state index in [4.69, 9.17) is 23.2 Å². The SMILES string of the molecule is CC(Cl)(Cl)C(=O)OC(=O)[C@@H]1CCCN1. The third-order valence-electron chi connectivity index (χ3n) is 1.90. The first-order valence-corrected chi connectivity index (χ1v) is 5.04. The number of hydrogen-bond donors (Lipinski definition) is 1. The molecule has 0 aliphatic carbocycles. The number of halogens is 2. The van der Waals surface area contributed by atoms with E-state index in [9.17, 15) is 9.59 Å². The second-order valence-corrected chi connectivity index (χ2v) is 4.95. The Kier molecular flexibility index (Phi) is 3.75. The standard InChI is InChI=1S/C8H11Cl2NO3/c1-8(9,10)7(13)14-6(12)5-3-2-4-11-5/h5,11H,2-4H2,1H3/t5-/m0/s1. The maximum atomic E-state index is 11.3. The van der Waals surface area contributed by atoms with Crippen LogP contribution in [0.1, 0.15) is 19.8 Å². The van der Waals surface area contributed by atoms with Crippen molar-refractivity contribution in [2.24, 2.45) is 0 Å². The smallest absolute Gasteiger partial charge is 0.349 e. The first kappa shape index (κ1) is 11.8. The summed E-state index contributed by atoms with van der Waals surface area (Å²) in [7, 11) is 0. The van der Waals surface area contributed by atoms with E-state index in [2.05, 4.69) is 10.1 Å². The van der Waals surface area contributed by atoms with Crippen molar-refractivity contribution in [3.63, 3.8) is 0 Å². The zero-order valence-electron chi connectivity index (χ0n) is 7.68. The summed E-state index contributed by atoms with van der Waals surface area (Å²) in [6.07, 6.45) is 1.57. The molecular formula is C8H11Cl2NO3. The summed E-state index contributed by atoms with van der Waals surface area (Å²) >= 11 is 10.9. The Morgan fingerprint density at radius 3 is 2.57 bits per heavy atom. The van der Waals surface area contributed by atoms with Crippen LogP contribution in [0.2, 0.25) is 0 Å². The molecule has 0 amide bonds. The lowest BCUT2D eigenvalue weighted by Gasteiger charge is -2.13. The molecule has 0 bridgehead atoms. The van der Waals surface area contributed by atoms with Crippen molar-refractivity contribution in [1.82, 2.24) is 5.32 Å². The second kappa shape index (κ2) is 4.47. The Labute approximate surface area is 91.9 Å². The van der Waals surface area contributed by atoms with Gasteiger partial charge in [-0.05, 0) is 26.3 Å². The van der Waals surface area contributed by atoms with Gasteiger partial charge in [-0.15, -0.1) is 0 Å². The van der Waals surface area contributed by atoms with E-state index in [1.807, 2.05) is 0 Å². The minimum atomic E-state index is -1.67. The molecule has 1 rings (SSSR count). The van der Waals surface area contributed by atoms with Crippen LogP contribution in [0.15, 0.2) is 0 Å². The first-order chi connectivity index (χ1) is 6.41. The molecule has 4 nitrogen and oxygen atoms in total. The van der Waals surface area contributed by atoms with Crippen LogP contribution in [0.5, 0.6) is 0 Å². The van der Waals surface area contributed by atoms with E-state index >= 15 is 0 Å². The summed E-state index contributed by atoms with van der Waals surface area (Å²) in [6, 6.07) is -0.408. The summed E-state index contributed by atoms with van der Waals surface area (Å²) in [5.41, 5.74) is 0. The number of carbonyl (C=O) groups excluding carboxylic acids is 2. The van der Waals surface area contributed by atoms with Crippen molar-refractivity contribution in [2.75, 3.05) is 6.54 Å². The van der Waals surface area contributed by atoms with Crippen LogP contribution >= 0.6 is 23.2 Å². The predicted octanol–water partition coefficient (Wildman–Crippen LogP) is 1.00. The number of alkyl halides is 2. The molecule has 1 N–H and O–H groups in total. The van der Waals surface area contributed by atoms with Crippen molar-refractivity contribution < 1.29 is 14.3 Å². The molecule has 0 aromatic carbocycles. The lowest BCUT2D eigenvalue weighted by molar-refractivity contribution is -0.161. The molecule has 1 heterocycles. The van der Waals surface area contributed by atoms with Crippen molar-refractivity contribution in [3.8, 4) is 0 Å². The van der Waals surface area contributed by atoms with Crippen LogP contribution in [-0.4, -0.2) is 28.9 Å². The molecule has 1 aliphatic heterocycles. The van der Waals surface area contributed by atoms with Crippen LogP contribution in [0, 0.1) is 0 Å². The van der Waals surface area contributed by atoms with E-state index in [1.165, 1.54) is 6.92 Å². The van der Waals surface area contributed by atoms with Crippen LogP contribution in [0.4, 0.5) is 0 Å². The number of carbonyl (C=O) groups is 2. The fourth-order valence-corrected chi connectivity index (χ4v) is 1.21. The quantitative estimate of drug-likeness (QED) is 0.444. The molecule has 1 saturated heterocycles. The molecule has 0 spiro atoms. The van der Waals surface area contributed by atoms with Gasteiger partial charge < -0.3 is 10.1 Å². The Balaban J connectivity index is 2.44. The zero-order chi connectivity index (χ0) is 10.8. The van der Waals surface area contributed by atoms with Gasteiger partial charge in [-0.1, -0.05) is 23.2 Å². The average Bonchev–Trinajstić information content (AvgIpc) is 2.53. The Bertz CT molecular complexity index is 243. The third-order valence-corrected chi connectivity index (χ3v) is 2.21. The molecule has 1 aliphatic rings. The Morgan fingerprint density at radius 1 is 1.50 bits per heavy atom. The van der Waals surface area contributed by atoms with Gasteiger partial charge in [0.1, 0.15) is 6.04 Å². The summed E-state index contributed by atoms with van der Waals surface area (Å²) in [5, 5.41) is 2.90. The van der Waals surface area contributed by atoms with Crippen LogP contribution < -0.4 is 5.32 Å². The number of ether oxygens (including phenoxy) is 1. The van der Waals surface area contributed by atoms with Gasteiger partial charge in [-0.2, -0.15) is 0 Å². The van der Waals surface area contributed by atoms with Gasteiger partial charge in [-0.3, -0.25) is 0 Å². The van der Waals surface area contributed by atoms with E-state index in [-0.39, 0.29) is 0 Å². The summed E-state index contributed by atoms with van der Waals surface area (Å²) < 4.78 is 2.82. The van der Waals surface area contributed by atoms with Crippen LogP contribution in [0.25, 0.3) is 0 Å². The van der Waals surface area contributed by atoms with E-state index in [1.54, 1.807) is 0 Å². The van der Waals surface area contributed by atoms with Gasteiger partial charge in [-0.25, -0.2) is 9.59 Å². The first-order valence-electron chi connectivity index (χ1n) is 4.28. The average molecular weight is 240 g/mol. The van der Waals surface area contributed by atoms with E-state index < -0.39 is 22.3 Å². The highest BCUT2D eigenvalue weighted by Gasteiger charge is 2.34. The fraction of sp³-hybridized carbons (Fsp3) is 0.750. The van der Waals surface area contributed by atoms with E-state index in [0.717, 1.165) is 13.0 Å². The fourth-order valence-electron chi connectivity index (χ4n) is 1.14. The molecule has 0 aromatic rings. The maximum Gasteiger partial charge on any atom is 0.349 e. The Morgan fingerprint density at radius 2 is 2.14 bits per heavy atom. The second-order valence-electron chi connectivity index (χ2n) is 3.25. The maximum absolute atomic E-state index is 11.3. The van der Waals surface area contributed by atoms with Crippen LogP contribution in [-0.2, 0) is 14.3 Å². The number of rotatable bonds is 2. The van der Waals surface area contributed by atoms with E-state index in [0.29, 0.717) is 6.42 Å². The summed E-state index contributed by atoms with van der Waals surface area (Å²) in [4.78, 5) is 22.4. The lowest BCUT2D eigenvalue weighted by atomic mass is 10.2. The monoisotopic (exact) mass is 239 g/mol. The number of esters is 2. The number of nitrogens with one attached hydrogen (secondary N) is 1. The van der Waals surface area contributed by atoms with Crippen molar-refractivity contribution in [1.29, 1.82) is 0 Å². The van der Waals surface area contributed by atoms with Gasteiger partial charge >= 0.3 is 11.9 Å². The minimum absolute atomic E-state index is 0.408. The molecule has 1 atom stereocenters. The summed E-state index contributed by atoms with van der Waals surface area (Å²) in [5.74, 6) is -1.54. The van der Waals surface area contributed by atoms with Gasteiger partial charge in [0.25, 0.3) is 0 Å². The van der Waals surface area contributed by atoms with Crippen molar-refractivity contribution >= 4 is 35.1 Å². The molecule has 0 saturated carbocycles. The normalized spacial score (nSPS) is 22.1. The third kappa shape index (κ3) is 3.12. The Hall–Kier alpha value is -0.320. The van der Waals surface area contributed by atoms with Gasteiger partial charge in [0, 0.05) is 0 Å². The molecule has 80 valence electrons. The minimum Gasteiger partial charge on any atom is -0.390 e. The predicted molar refractivity (Wildman–Crippen MR) is 52.2 cm³/mol. The van der Waals surface area contributed by atoms with Crippen molar-refractivity contribution in [2.45, 2.75) is 30.1 Å². The molecule has 14 heavy (non-hydrogen) atoms. The highest BCUT2D eigenvalue weighted by Crippen LogP contribution is 2.21. The molecule has 1 fully saturated rings. The topological polar surface area (TPSA) is 55.4 Å². The summed E-state index contributed by atoms with van der Waals surface area (Å²) in [6.45, 7) is 2.01. The molecule has 0 unspecified atom stereocenters. The van der Waals surface area contributed by atoms with Gasteiger partial charge in [0.2, 0.25) is 4.33 Å². The number of hydrogen-bond acceptors (Lipinski definition) is 4. The van der Waals surface area contributed by atoms with Gasteiger partial charge in [0.15, 0.2) is 0 Å². The molecule has 0 radical (unpaired) electrons. The van der Waals surface area contributed by atoms with Crippen molar-refractivity contribution in [3.05, 3.63) is 0 Å². The van der Waals surface area contributed by atoms with Crippen LogP contribution in [0.3, 0.4) is 0 Å². The van der Waals surface area contributed by atoms with Gasteiger partial charge in [0.05, 0.1) is 0 Å². The lowest BCUT2D eigenvalue weighted by Crippen LogP contribution is -2.37. The zero-order valence-corrected chi connectivity index (χ0v) is 9.19. The largest absolute Gasteiger partial charge is 0.390 e. The highest BCUT2D eigenvalue weighted by molar-refractivity contribution is 6.57. The molecule has 0 aromatic heterocycles. The molecular weight excluding hydrogens is 229 g/mol. The highest BCUT2D eigenvalue weighted by atomic mass is 35.5.